The van der Waals surface area contributed by atoms with E-state index in [1.807, 2.05) is 0 Å². The van der Waals surface area contributed by atoms with Crippen molar-refractivity contribution >= 4 is 11.9 Å². The van der Waals surface area contributed by atoms with Gasteiger partial charge >= 0.3 is 0 Å². The Morgan fingerprint density at radius 2 is 1.47 bits per heavy atom. The monoisotopic (exact) mass is 472 g/mol. The zero-order valence-corrected chi connectivity index (χ0v) is 21.8. The highest BCUT2D eigenvalue weighted by molar-refractivity contribution is 5.67. The lowest BCUT2D eigenvalue weighted by Crippen LogP contribution is -2.28. The van der Waals surface area contributed by atoms with E-state index in [4.69, 9.17) is 30.2 Å². The highest BCUT2D eigenvalue weighted by atomic mass is 16.5. The van der Waals surface area contributed by atoms with E-state index in [-0.39, 0.29) is 0 Å². The van der Waals surface area contributed by atoms with Gasteiger partial charge in [0.2, 0.25) is 11.9 Å². The molecule has 0 amide bonds. The lowest BCUT2D eigenvalue weighted by Gasteiger charge is -2.23. The summed E-state index contributed by atoms with van der Waals surface area (Å²) in [5.41, 5.74) is 10.1. The third-order valence-electron chi connectivity index (χ3n) is 5.53. The van der Waals surface area contributed by atoms with Crippen LogP contribution in [0.25, 0.3) is 11.4 Å². The van der Waals surface area contributed by atoms with Crippen molar-refractivity contribution < 1.29 is 9.47 Å². The van der Waals surface area contributed by atoms with Gasteiger partial charge in [-0.2, -0.15) is 15.0 Å². The molecule has 0 saturated heterocycles. The number of hydrogen-bond donors (Lipinski definition) is 2. The lowest BCUT2D eigenvalue weighted by molar-refractivity contribution is 0.0547. The predicted molar refractivity (Wildman–Crippen MR) is 141 cm³/mol. The average molecular weight is 473 g/mol. The highest BCUT2D eigenvalue weighted by Crippen LogP contribution is 2.28. The molecular weight excluding hydrogens is 428 g/mol. The van der Waals surface area contributed by atoms with E-state index in [9.17, 15) is 0 Å². The Morgan fingerprint density at radius 1 is 0.853 bits per heavy atom. The Morgan fingerprint density at radius 3 is 2.06 bits per heavy atom. The van der Waals surface area contributed by atoms with Crippen molar-refractivity contribution in [2.75, 3.05) is 62.8 Å². The minimum Gasteiger partial charge on any atom is -0.378 e. The summed E-state index contributed by atoms with van der Waals surface area (Å²) in [6, 6.07) is 4.37. The molecule has 1 aromatic heterocycles. The molecule has 1 heterocycles. The number of nitrogens with zero attached hydrogens (tertiary/aromatic N) is 4. The van der Waals surface area contributed by atoms with Crippen LogP contribution in [-0.4, -0.2) is 67.6 Å². The van der Waals surface area contributed by atoms with Crippen molar-refractivity contribution in [3.63, 3.8) is 0 Å². The second-order valence-corrected chi connectivity index (χ2v) is 8.69. The second kappa shape index (κ2) is 15.6. The standard InChI is InChI=1S/C26H44N6O2/c1-6-8-12-32(13-9-7-2)26-30-24(23-21(4)18-20(3)19-22(23)5)29-25(31-26)28-11-15-34-17-16-33-14-10-27/h18-19H,6-17,27H2,1-5H3,(H,28,29,30,31). The summed E-state index contributed by atoms with van der Waals surface area (Å²) in [5, 5.41) is 3.34. The van der Waals surface area contributed by atoms with Gasteiger partial charge in [-0.25, -0.2) is 0 Å². The van der Waals surface area contributed by atoms with E-state index in [1.165, 1.54) is 16.7 Å². The van der Waals surface area contributed by atoms with Gasteiger partial charge in [-0.1, -0.05) is 44.4 Å². The van der Waals surface area contributed by atoms with Crippen LogP contribution in [0.15, 0.2) is 12.1 Å². The fourth-order valence-electron chi connectivity index (χ4n) is 3.88. The fourth-order valence-corrected chi connectivity index (χ4v) is 3.88. The molecule has 1 aromatic carbocycles. The molecule has 3 N–H and O–H groups in total. The number of benzene rings is 1. The number of rotatable bonds is 17. The van der Waals surface area contributed by atoms with Gasteiger partial charge in [-0.15, -0.1) is 0 Å². The number of nitrogens with two attached hydrogens (primary N) is 1. The SMILES string of the molecule is CCCCN(CCCC)c1nc(NCCOCCOCCN)nc(-c2c(C)cc(C)cc2C)n1. The summed E-state index contributed by atoms with van der Waals surface area (Å²) in [6.07, 6.45) is 4.48. The zero-order chi connectivity index (χ0) is 24.8. The number of ether oxygens (including phenoxy) is 2. The molecule has 0 unspecified atom stereocenters. The third kappa shape index (κ3) is 9.16. The van der Waals surface area contributed by atoms with Gasteiger partial charge < -0.3 is 25.4 Å². The Balaban J connectivity index is 2.25. The van der Waals surface area contributed by atoms with Crippen LogP contribution in [0.1, 0.15) is 56.2 Å². The van der Waals surface area contributed by atoms with Crippen LogP contribution in [0, 0.1) is 20.8 Å². The molecule has 0 radical (unpaired) electrons. The average Bonchev–Trinajstić information content (AvgIpc) is 2.80. The molecule has 190 valence electrons. The lowest BCUT2D eigenvalue weighted by atomic mass is 9.99. The first-order valence-electron chi connectivity index (χ1n) is 12.7. The smallest absolute Gasteiger partial charge is 0.230 e. The summed E-state index contributed by atoms with van der Waals surface area (Å²) >= 11 is 0. The van der Waals surface area contributed by atoms with Crippen LogP contribution >= 0.6 is 0 Å². The molecule has 0 aliphatic carbocycles. The maximum absolute atomic E-state index is 5.64. The largest absolute Gasteiger partial charge is 0.378 e. The maximum Gasteiger partial charge on any atom is 0.230 e. The summed E-state index contributed by atoms with van der Waals surface area (Å²) in [7, 11) is 0. The zero-order valence-electron chi connectivity index (χ0n) is 21.8. The molecule has 34 heavy (non-hydrogen) atoms. The van der Waals surface area contributed by atoms with Crippen LogP contribution in [0.2, 0.25) is 0 Å². The topological polar surface area (TPSA) is 98.4 Å². The Kier molecular flexibility index (Phi) is 12.8. The summed E-state index contributed by atoms with van der Waals surface area (Å²) in [4.78, 5) is 16.9. The quantitative estimate of drug-likeness (QED) is 0.329. The first kappa shape index (κ1) is 28.0. The highest BCUT2D eigenvalue weighted by Gasteiger charge is 2.17. The number of unbranched alkanes of at least 4 members (excludes halogenated alkanes) is 2. The molecule has 0 fully saturated rings. The van der Waals surface area contributed by atoms with Crippen molar-refractivity contribution in [1.82, 2.24) is 15.0 Å². The molecule has 0 aliphatic heterocycles. The second-order valence-electron chi connectivity index (χ2n) is 8.69. The third-order valence-corrected chi connectivity index (χ3v) is 5.53. The Bertz CT molecular complexity index is 830. The minimum absolute atomic E-state index is 0.527. The molecule has 0 saturated carbocycles. The summed E-state index contributed by atoms with van der Waals surface area (Å²) in [6.45, 7) is 16.0. The number of nitrogens with one attached hydrogen (secondary N) is 1. The Hall–Kier alpha value is -2.29. The molecule has 8 nitrogen and oxygen atoms in total. The van der Waals surface area contributed by atoms with Crippen LogP contribution in [0.3, 0.4) is 0 Å². The van der Waals surface area contributed by atoms with E-state index in [0.717, 1.165) is 56.1 Å². The minimum atomic E-state index is 0.527. The molecule has 0 bridgehead atoms. The van der Waals surface area contributed by atoms with Gasteiger partial charge in [0, 0.05) is 31.7 Å². The molecule has 8 heteroatoms. The molecular formula is C26H44N6O2. The number of aromatic nitrogens is 3. The van der Waals surface area contributed by atoms with E-state index < -0.39 is 0 Å². The first-order valence-corrected chi connectivity index (χ1v) is 12.7. The number of aryl methyl sites for hydroxylation is 3. The molecule has 0 atom stereocenters. The van der Waals surface area contributed by atoms with Gasteiger partial charge in [0.15, 0.2) is 5.82 Å². The number of hydrogen-bond acceptors (Lipinski definition) is 8. The molecule has 2 rings (SSSR count). The van der Waals surface area contributed by atoms with Gasteiger partial charge in [-0.3, -0.25) is 0 Å². The van der Waals surface area contributed by atoms with Crippen molar-refractivity contribution in [3.05, 3.63) is 28.8 Å². The van der Waals surface area contributed by atoms with Crippen LogP contribution in [0.5, 0.6) is 0 Å². The van der Waals surface area contributed by atoms with Gasteiger partial charge in [-0.05, 0) is 44.7 Å². The summed E-state index contributed by atoms with van der Waals surface area (Å²) < 4.78 is 11.0. The van der Waals surface area contributed by atoms with Gasteiger partial charge in [0.25, 0.3) is 0 Å². The van der Waals surface area contributed by atoms with Gasteiger partial charge in [0.05, 0.1) is 26.4 Å². The van der Waals surface area contributed by atoms with E-state index in [1.54, 1.807) is 0 Å². The van der Waals surface area contributed by atoms with Crippen molar-refractivity contribution in [1.29, 1.82) is 0 Å². The van der Waals surface area contributed by atoms with Gasteiger partial charge in [0.1, 0.15) is 0 Å². The maximum atomic E-state index is 5.64. The molecule has 0 aliphatic rings. The van der Waals surface area contributed by atoms with E-state index >= 15 is 0 Å². The predicted octanol–water partition coefficient (Wildman–Crippen LogP) is 4.27. The van der Waals surface area contributed by atoms with Crippen LogP contribution in [-0.2, 0) is 9.47 Å². The normalized spacial score (nSPS) is 11.1. The van der Waals surface area contributed by atoms with Crippen LogP contribution < -0.4 is 16.0 Å². The Labute approximate surface area is 205 Å². The van der Waals surface area contributed by atoms with Crippen molar-refractivity contribution in [2.24, 2.45) is 5.73 Å². The fraction of sp³-hybridized carbons (Fsp3) is 0.654. The van der Waals surface area contributed by atoms with Crippen molar-refractivity contribution in [3.8, 4) is 11.4 Å². The number of anilines is 2. The first-order chi connectivity index (χ1) is 16.5. The van der Waals surface area contributed by atoms with E-state index in [0.29, 0.717) is 45.5 Å². The van der Waals surface area contributed by atoms with Crippen molar-refractivity contribution in [2.45, 2.75) is 60.3 Å². The molecule has 0 spiro atoms. The van der Waals surface area contributed by atoms with Crippen LogP contribution in [0.4, 0.5) is 11.9 Å². The molecule has 2 aromatic rings. The summed E-state index contributed by atoms with van der Waals surface area (Å²) in [5.74, 6) is 2.04. The van der Waals surface area contributed by atoms with E-state index in [2.05, 4.69) is 57.0 Å².